The highest BCUT2D eigenvalue weighted by molar-refractivity contribution is 7.86. The minimum atomic E-state index is -4.79. The molecule has 1 atom stereocenters. The lowest BCUT2D eigenvalue weighted by Crippen LogP contribution is -2.09. The highest BCUT2D eigenvalue weighted by Gasteiger charge is 2.18. The van der Waals surface area contributed by atoms with Gasteiger partial charge in [0.2, 0.25) is 5.50 Å². The van der Waals surface area contributed by atoms with E-state index in [9.17, 15) is 17.4 Å². The fourth-order valence-electron chi connectivity index (χ4n) is 0.118. The fraction of sp³-hybridized carbons (Fsp3) is 0.333. The summed E-state index contributed by atoms with van der Waals surface area (Å²) in [4.78, 5) is 0. The first kappa shape index (κ1) is 7.58. The summed E-state index contributed by atoms with van der Waals surface area (Å²) in [5.41, 5.74) is -2.47. The molecule has 0 aromatic carbocycles. The zero-order valence-electron chi connectivity index (χ0n) is 3.87. The second kappa shape index (κ2) is 2.23. The van der Waals surface area contributed by atoms with Gasteiger partial charge in [-0.3, -0.25) is 0 Å². The van der Waals surface area contributed by atoms with Crippen LogP contribution in [0.1, 0.15) is 0 Å². The van der Waals surface area contributed by atoms with E-state index in [4.69, 9.17) is 0 Å². The van der Waals surface area contributed by atoms with E-state index in [1.165, 1.54) is 0 Å². The molecule has 0 aliphatic rings. The zero-order chi connectivity index (χ0) is 6.78. The van der Waals surface area contributed by atoms with Gasteiger partial charge < -0.3 is 0 Å². The van der Waals surface area contributed by atoms with Crippen molar-refractivity contribution in [3.8, 4) is 0 Å². The van der Waals surface area contributed by atoms with Crippen molar-refractivity contribution in [2.45, 2.75) is 5.50 Å². The number of hydrogen-bond acceptors (Lipinski definition) is 2. The second-order valence-corrected chi connectivity index (χ2v) is 2.52. The van der Waals surface area contributed by atoms with Crippen LogP contribution in [0.3, 0.4) is 0 Å². The van der Waals surface area contributed by atoms with E-state index in [0.717, 1.165) is 0 Å². The Kier molecular flexibility index (Phi) is 2.12. The summed E-state index contributed by atoms with van der Waals surface area (Å²) in [6.07, 6.45) is 0.433. The van der Waals surface area contributed by atoms with Crippen molar-refractivity contribution >= 4 is 10.1 Å². The first-order valence-corrected chi connectivity index (χ1v) is 3.17. The van der Waals surface area contributed by atoms with Crippen molar-refractivity contribution in [1.82, 2.24) is 0 Å². The first-order chi connectivity index (χ1) is 3.48. The summed E-state index contributed by atoms with van der Waals surface area (Å²) in [5.74, 6) is 0. The van der Waals surface area contributed by atoms with Crippen LogP contribution in [0, 0.1) is 0 Å². The van der Waals surface area contributed by atoms with Gasteiger partial charge in [0.25, 0.3) is 0 Å². The van der Waals surface area contributed by atoms with Crippen LogP contribution in [-0.4, -0.2) is 13.9 Å². The average molecular weight is 139 g/mol. The maximum absolute atomic E-state index is 11.6. The minimum Gasteiger partial charge on any atom is -0.223 e. The molecule has 0 aliphatic heterocycles. The molecule has 0 N–H and O–H groups in total. The van der Waals surface area contributed by atoms with E-state index < -0.39 is 15.6 Å². The molecule has 0 amide bonds. The summed E-state index contributed by atoms with van der Waals surface area (Å²) < 4.78 is 40.3. The standard InChI is InChI=1S/C3H4FO3S/c1-2-3(4)8(5,6)7/h2-3H,1H2. The molecule has 47 valence electrons. The first-order valence-electron chi connectivity index (χ1n) is 1.70. The maximum Gasteiger partial charge on any atom is 0.330 e. The van der Waals surface area contributed by atoms with Gasteiger partial charge in [-0.2, -0.15) is 8.42 Å². The highest BCUT2D eigenvalue weighted by atomic mass is 32.2. The molecule has 5 heteroatoms. The highest BCUT2D eigenvalue weighted by Crippen LogP contribution is 1.99. The third-order valence-electron chi connectivity index (χ3n) is 0.461. The van der Waals surface area contributed by atoms with E-state index in [2.05, 4.69) is 6.58 Å². The Balaban J connectivity index is 4.26. The lowest BCUT2D eigenvalue weighted by atomic mass is 10.7. The molecule has 1 unspecified atom stereocenters. The van der Waals surface area contributed by atoms with Crippen LogP contribution < -0.4 is 0 Å². The quantitative estimate of drug-likeness (QED) is 0.514. The molecule has 0 saturated heterocycles. The van der Waals surface area contributed by atoms with E-state index in [1.807, 2.05) is 0 Å². The lowest BCUT2D eigenvalue weighted by molar-refractivity contribution is 0.366. The molecular weight excluding hydrogens is 135 g/mol. The lowest BCUT2D eigenvalue weighted by Gasteiger charge is -1.90. The Labute approximate surface area is 46.6 Å². The molecule has 0 aromatic rings. The third-order valence-corrected chi connectivity index (χ3v) is 1.21. The van der Waals surface area contributed by atoms with E-state index >= 15 is 0 Å². The normalized spacial score (nSPS) is 15.2. The van der Waals surface area contributed by atoms with Crippen molar-refractivity contribution in [3.05, 3.63) is 12.7 Å². The van der Waals surface area contributed by atoms with Crippen LogP contribution >= 0.6 is 0 Å². The zero-order valence-corrected chi connectivity index (χ0v) is 4.69. The third kappa shape index (κ3) is 2.04. The molecule has 0 spiro atoms. The Morgan fingerprint density at radius 3 is 2.00 bits per heavy atom. The van der Waals surface area contributed by atoms with Crippen LogP contribution in [0.15, 0.2) is 12.7 Å². The second-order valence-electron chi connectivity index (χ2n) is 1.08. The molecular formula is C3H4FO3S. The number of rotatable bonds is 2. The van der Waals surface area contributed by atoms with Gasteiger partial charge in [0.05, 0.1) is 0 Å². The van der Waals surface area contributed by atoms with Crippen molar-refractivity contribution in [3.63, 3.8) is 0 Å². The summed E-state index contributed by atoms with van der Waals surface area (Å²) in [7, 11) is -4.79. The molecule has 8 heavy (non-hydrogen) atoms. The van der Waals surface area contributed by atoms with Crippen LogP contribution in [0.4, 0.5) is 4.39 Å². The Hall–Kier alpha value is -0.420. The molecule has 3 nitrogen and oxygen atoms in total. The SMILES string of the molecule is C=CC(F)S([O])(=O)=O. The van der Waals surface area contributed by atoms with Crippen LogP contribution in [-0.2, 0) is 14.7 Å². The van der Waals surface area contributed by atoms with Gasteiger partial charge in [0, 0.05) is 0 Å². The van der Waals surface area contributed by atoms with Crippen molar-refractivity contribution < 1.29 is 17.4 Å². The van der Waals surface area contributed by atoms with Crippen LogP contribution in [0.2, 0.25) is 0 Å². The van der Waals surface area contributed by atoms with Gasteiger partial charge in [0.15, 0.2) is 0 Å². The number of hydrogen-bond donors (Lipinski definition) is 0. The van der Waals surface area contributed by atoms with Gasteiger partial charge in [-0.05, 0) is 6.08 Å². The van der Waals surface area contributed by atoms with Crippen molar-refractivity contribution in [2.24, 2.45) is 0 Å². The summed E-state index contributed by atoms with van der Waals surface area (Å²) >= 11 is 0. The molecule has 0 heterocycles. The van der Waals surface area contributed by atoms with Gasteiger partial charge in [0.1, 0.15) is 0 Å². The Morgan fingerprint density at radius 2 is 2.00 bits per heavy atom. The van der Waals surface area contributed by atoms with Crippen LogP contribution in [0.5, 0.6) is 0 Å². The van der Waals surface area contributed by atoms with Crippen molar-refractivity contribution in [1.29, 1.82) is 0 Å². The molecule has 0 rings (SSSR count). The molecule has 0 aliphatic carbocycles. The topological polar surface area (TPSA) is 54.0 Å². The molecule has 0 bridgehead atoms. The summed E-state index contributed by atoms with van der Waals surface area (Å²) in [5, 5.41) is 0. The predicted molar refractivity (Wildman–Crippen MR) is 24.7 cm³/mol. The Morgan fingerprint density at radius 1 is 1.62 bits per heavy atom. The molecule has 0 aromatic heterocycles. The van der Waals surface area contributed by atoms with E-state index in [1.54, 1.807) is 0 Å². The van der Waals surface area contributed by atoms with Gasteiger partial charge in [-0.25, -0.2) is 4.39 Å². The number of halogens is 1. The maximum atomic E-state index is 11.6. The van der Waals surface area contributed by atoms with E-state index in [-0.39, 0.29) is 0 Å². The van der Waals surface area contributed by atoms with Crippen LogP contribution in [0.25, 0.3) is 0 Å². The van der Waals surface area contributed by atoms with E-state index in [0.29, 0.717) is 6.08 Å². The minimum absolute atomic E-state index is 0.433. The van der Waals surface area contributed by atoms with Gasteiger partial charge >= 0.3 is 10.1 Å². The average Bonchev–Trinajstić information content (AvgIpc) is 1.62. The summed E-state index contributed by atoms with van der Waals surface area (Å²) in [6, 6.07) is 0. The fourth-order valence-corrected chi connectivity index (χ4v) is 0.354. The van der Waals surface area contributed by atoms with Gasteiger partial charge in [-0.1, -0.05) is 11.1 Å². The number of alkyl halides is 1. The summed E-state index contributed by atoms with van der Waals surface area (Å²) in [6.45, 7) is 2.77. The van der Waals surface area contributed by atoms with Crippen molar-refractivity contribution in [2.75, 3.05) is 0 Å². The Bertz CT molecular complexity index is 171. The molecule has 0 fully saturated rings. The smallest absolute Gasteiger partial charge is 0.223 e. The predicted octanol–water partition coefficient (Wildman–Crippen LogP) is 0.228. The monoisotopic (exact) mass is 139 g/mol. The molecule has 0 saturated carbocycles. The van der Waals surface area contributed by atoms with Gasteiger partial charge in [-0.15, -0.1) is 0 Å². The largest absolute Gasteiger partial charge is 0.330 e. The molecule has 1 radical (unpaired) electrons.